The zero-order chi connectivity index (χ0) is 6.69. The number of hydrogen-bond donors (Lipinski definition) is 1. The number of H-pyrrole nitrogens is 1. The molecule has 4 nitrogen and oxygen atoms in total. The molecule has 0 aliphatic heterocycles. The average molecular weight is 124 g/mol. The van der Waals surface area contributed by atoms with E-state index in [1.54, 1.807) is 6.20 Å². The maximum Gasteiger partial charge on any atom is 0.307 e. The van der Waals surface area contributed by atoms with Gasteiger partial charge in [0.15, 0.2) is 5.82 Å². The number of carbonyl (C=O) groups excluding carboxylic acids is 1. The number of amides is 1. The molecule has 0 spiro atoms. The van der Waals surface area contributed by atoms with Gasteiger partial charge in [-0.3, -0.25) is 4.79 Å². The molecule has 1 rings (SSSR count). The molecule has 0 saturated heterocycles. The summed E-state index contributed by atoms with van der Waals surface area (Å²) >= 11 is 0. The third-order valence-electron chi connectivity index (χ3n) is 0.904. The van der Waals surface area contributed by atoms with Gasteiger partial charge in [-0.2, -0.15) is 0 Å². The molecule has 47 valence electrons. The van der Waals surface area contributed by atoms with Gasteiger partial charge in [0.05, 0.1) is 0 Å². The van der Waals surface area contributed by atoms with E-state index in [1.165, 1.54) is 13.2 Å². The van der Waals surface area contributed by atoms with E-state index in [4.69, 9.17) is 0 Å². The molecular formula is C5H6N3O. The lowest BCUT2D eigenvalue weighted by molar-refractivity contribution is 0.0949. The van der Waals surface area contributed by atoms with E-state index in [2.05, 4.69) is 15.3 Å². The molecule has 1 aromatic rings. The maximum atomic E-state index is 10.6. The predicted molar refractivity (Wildman–Crippen MR) is 31.0 cm³/mol. The SMILES string of the molecule is C[N]C(=O)c1ncc[nH]1. The van der Waals surface area contributed by atoms with Crippen LogP contribution in [0.5, 0.6) is 0 Å². The standard InChI is InChI=1S/C5H6N3O/c1-6-5(9)4-7-2-3-8-4/h2-3H,1H3,(H,7,8). The molecule has 1 aromatic heterocycles. The first kappa shape index (κ1) is 5.81. The second-order valence-corrected chi connectivity index (χ2v) is 1.47. The van der Waals surface area contributed by atoms with Gasteiger partial charge in [-0.15, -0.1) is 0 Å². The van der Waals surface area contributed by atoms with E-state index in [1.807, 2.05) is 0 Å². The van der Waals surface area contributed by atoms with Crippen LogP contribution in [0.15, 0.2) is 12.4 Å². The van der Waals surface area contributed by atoms with Gasteiger partial charge in [-0.1, -0.05) is 0 Å². The van der Waals surface area contributed by atoms with Crippen molar-refractivity contribution in [2.24, 2.45) is 0 Å². The first-order valence-electron chi connectivity index (χ1n) is 2.48. The molecule has 0 bridgehead atoms. The van der Waals surface area contributed by atoms with Crippen molar-refractivity contribution in [3.63, 3.8) is 0 Å². The lowest BCUT2D eigenvalue weighted by Crippen LogP contribution is -2.11. The van der Waals surface area contributed by atoms with Crippen molar-refractivity contribution in [1.29, 1.82) is 0 Å². The lowest BCUT2D eigenvalue weighted by atomic mass is 10.6. The van der Waals surface area contributed by atoms with Crippen LogP contribution in [0.1, 0.15) is 10.6 Å². The number of aromatic amines is 1. The van der Waals surface area contributed by atoms with Crippen molar-refractivity contribution in [2.45, 2.75) is 0 Å². The molecule has 1 radical (unpaired) electrons. The second kappa shape index (κ2) is 2.30. The molecule has 1 N–H and O–H groups in total. The number of hydrogen-bond acceptors (Lipinski definition) is 2. The molecule has 1 heterocycles. The zero-order valence-corrected chi connectivity index (χ0v) is 4.96. The topological polar surface area (TPSA) is 59.9 Å². The predicted octanol–water partition coefficient (Wildman–Crippen LogP) is -0.216. The van der Waals surface area contributed by atoms with Gasteiger partial charge in [-0.25, -0.2) is 10.3 Å². The van der Waals surface area contributed by atoms with Crippen LogP contribution in [0.3, 0.4) is 0 Å². The van der Waals surface area contributed by atoms with Crippen LogP contribution in [-0.2, 0) is 0 Å². The van der Waals surface area contributed by atoms with Gasteiger partial charge in [-0.05, 0) is 0 Å². The highest BCUT2D eigenvalue weighted by molar-refractivity contribution is 5.89. The van der Waals surface area contributed by atoms with Crippen LogP contribution >= 0.6 is 0 Å². The molecule has 0 atom stereocenters. The molecule has 0 aromatic carbocycles. The Hall–Kier alpha value is -1.32. The molecule has 0 saturated carbocycles. The Kier molecular flexibility index (Phi) is 1.48. The van der Waals surface area contributed by atoms with Gasteiger partial charge < -0.3 is 4.98 Å². The summed E-state index contributed by atoms with van der Waals surface area (Å²) in [7, 11) is 1.44. The van der Waals surface area contributed by atoms with Crippen molar-refractivity contribution in [3.05, 3.63) is 18.2 Å². The number of aromatic nitrogens is 2. The summed E-state index contributed by atoms with van der Waals surface area (Å²) in [6, 6.07) is 0. The van der Waals surface area contributed by atoms with E-state index in [-0.39, 0.29) is 11.7 Å². The minimum atomic E-state index is -0.319. The fourth-order valence-corrected chi connectivity index (χ4v) is 0.488. The van der Waals surface area contributed by atoms with E-state index in [9.17, 15) is 4.79 Å². The van der Waals surface area contributed by atoms with Crippen LogP contribution in [0.25, 0.3) is 0 Å². The molecule has 0 fully saturated rings. The van der Waals surface area contributed by atoms with Crippen LogP contribution < -0.4 is 5.32 Å². The maximum absolute atomic E-state index is 10.6. The van der Waals surface area contributed by atoms with Gasteiger partial charge in [0.25, 0.3) is 0 Å². The summed E-state index contributed by atoms with van der Waals surface area (Å²) in [6.07, 6.45) is 3.09. The summed E-state index contributed by atoms with van der Waals surface area (Å²) in [6.45, 7) is 0. The third kappa shape index (κ3) is 1.07. The Morgan fingerprint density at radius 1 is 1.89 bits per heavy atom. The number of imidazole rings is 1. The largest absolute Gasteiger partial charge is 0.340 e. The fourth-order valence-electron chi connectivity index (χ4n) is 0.488. The Morgan fingerprint density at radius 2 is 2.67 bits per heavy atom. The van der Waals surface area contributed by atoms with E-state index in [0.29, 0.717) is 0 Å². The molecular weight excluding hydrogens is 118 g/mol. The Balaban J connectivity index is 2.77. The minimum Gasteiger partial charge on any atom is -0.340 e. The average Bonchev–Trinajstić information content (AvgIpc) is 2.37. The smallest absolute Gasteiger partial charge is 0.307 e. The zero-order valence-electron chi connectivity index (χ0n) is 4.96. The normalized spacial score (nSPS) is 9.00. The minimum absolute atomic E-state index is 0.289. The van der Waals surface area contributed by atoms with E-state index < -0.39 is 0 Å². The summed E-state index contributed by atoms with van der Waals surface area (Å²) in [5, 5.41) is 3.40. The number of rotatable bonds is 1. The molecule has 0 unspecified atom stereocenters. The van der Waals surface area contributed by atoms with Gasteiger partial charge in [0, 0.05) is 19.4 Å². The van der Waals surface area contributed by atoms with Gasteiger partial charge in [0.1, 0.15) is 0 Å². The molecule has 1 amide bonds. The third-order valence-corrected chi connectivity index (χ3v) is 0.904. The van der Waals surface area contributed by atoms with Crippen LogP contribution in [-0.4, -0.2) is 22.9 Å². The van der Waals surface area contributed by atoms with Crippen LogP contribution in [0.2, 0.25) is 0 Å². The molecule has 0 aliphatic carbocycles. The highest BCUT2D eigenvalue weighted by Gasteiger charge is 2.03. The van der Waals surface area contributed by atoms with Crippen molar-refractivity contribution in [2.75, 3.05) is 7.05 Å². The van der Waals surface area contributed by atoms with Crippen molar-refractivity contribution in [3.8, 4) is 0 Å². The summed E-state index contributed by atoms with van der Waals surface area (Å²) in [5.41, 5.74) is 0. The fraction of sp³-hybridized carbons (Fsp3) is 0.200. The number of carbonyl (C=O) groups is 1. The summed E-state index contributed by atoms with van der Waals surface area (Å²) in [5.74, 6) is -0.0301. The van der Waals surface area contributed by atoms with E-state index in [0.717, 1.165) is 0 Å². The lowest BCUT2D eigenvalue weighted by Gasteiger charge is -1.86. The second-order valence-electron chi connectivity index (χ2n) is 1.47. The Morgan fingerprint density at radius 3 is 3.11 bits per heavy atom. The van der Waals surface area contributed by atoms with Crippen molar-refractivity contribution in [1.82, 2.24) is 15.3 Å². The molecule has 4 heteroatoms. The highest BCUT2D eigenvalue weighted by Crippen LogP contribution is 1.85. The summed E-state index contributed by atoms with van der Waals surface area (Å²) in [4.78, 5) is 16.9. The van der Waals surface area contributed by atoms with E-state index >= 15 is 0 Å². The number of nitrogens with zero attached hydrogens (tertiary/aromatic N) is 2. The highest BCUT2D eigenvalue weighted by atomic mass is 16.2. The van der Waals surface area contributed by atoms with Gasteiger partial charge in [0.2, 0.25) is 0 Å². The van der Waals surface area contributed by atoms with Crippen molar-refractivity contribution >= 4 is 5.91 Å². The molecule has 0 aliphatic rings. The quantitative estimate of drug-likeness (QED) is 0.562. The van der Waals surface area contributed by atoms with Crippen molar-refractivity contribution < 1.29 is 4.79 Å². The first-order chi connectivity index (χ1) is 4.34. The Labute approximate surface area is 52.3 Å². The Bertz CT molecular complexity index is 192. The van der Waals surface area contributed by atoms with Crippen LogP contribution in [0, 0.1) is 0 Å². The molecule has 9 heavy (non-hydrogen) atoms. The first-order valence-corrected chi connectivity index (χ1v) is 2.48. The van der Waals surface area contributed by atoms with Gasteiger partial charge >= 0.3 is 5.91 Å². The van der Waals surface area contributed by atoms with Crippen LogP contribution in [0.4, 0.5) is 0 Å². The summed E-state index contributed by atoms with van der Waals surface area (Å²) < 4.78 is 0. The monoisotopic (exact) mass is 124 g/mol. The number of nitrogens with one attached hydrogen (secondary N) is 1.